The zero-order valence-corrected chi connectivity index (χ0v) is 9.62. The Hall–Kier alpha value is -1.51. The molecule has 1 aliphatic carbocycles. The second-order valence-electron chi connectivity index (χ2n) is 4.24. The van der Waals surface area contributed by atoms with Gasteiger partial charge in [-0.2, -0.15) is 0 Å². The molecule has 0 atom stereocenters. The zero-order valence-electron chi connectivity index (χ0n) is 9.62. The van der Waals surface area contributed by atoms with Crippen LogP contribution in [-0.4, -0.2) is 18.2 Å². The van der Waals surface area contributed by atoms with Crippen molar-refractivity contribution < 1.29 is 14.6 Å². The van der Waals surface area contributed by atoms with Gasteiger partial charge in [-0.05, 0) is 24.8 Å². The van der Waals surface area contributed by atoms with Crippen molar-refractivity contribution in [3.05, 3.63) is 29.3 Å². The van der Waals surface area contributed by atoms with Gasteiger partial charge in [0.15, 0.2) is 0 Å². The van der Waals surface area contributed by atoms with E-state index in [1.54, 1.807) is 7.11 Å². The molecule has 1 aliphatic rings. The van der Waals surface area contributed by atoms with E-state index < -0.39 is 11.4 Å². The van der Waals surface area contributed by atoms with E-state index in [2.05, 4.69) is 0 Å². The van der Waals surface area contributed by atoms with Gasteiger partial charge in [0, 0.05) is 5.56 Å². The number of methoxy groups -OCH3 is 1. The highest BCUT2D eigenvalue weighted by Crippen LogP contribution is 2.52. The van der Waals surface area contributed by atoms with E-state index in [4.69, 9.17) is 4.74 Å². The van der Waals surface area contributed by atoms with Crippen LogP contribution in [0.25, 0.3) is 0 Å². The van der Waals surface area contributed by atoms with E-state index in [-0.39, 0.29) is 0 Å². The van der Waals surface area contributed by atoms with E-state index in [1.807, 2.05) is 25.1 Å². The lowest BCUT2D eigenvalue weighted by atomic mass is 9.92. The van der Waals surface area contributed by atoms with Crippen LogP contribution in [0.1, 0.15) is 30.9 Å². The number of hydrogen-bond acceptors (Lipinski definition) is 2. The lowest BCUT2D eigenvalue weighted by Crippen LogP contribution is -2.20. The predicted molar refractivity (Wildman–Crippen MR) is 60.9 cm³/mol. The second kappa shape index (κ2) is 3.81. The Morgan fingerprint density at radius 2 is 2.19 bits per heavy atom. The van der Waals surface area contributed by atoms with Crippen molar-refractivity contribution in [2.75, 3.05) is 7.11 Å². The topological polar surface area (TPSA) is 46.5 Å². The largest absolute Gasteiger partial charge is 0.496 e. The summed E-state index contributed by atoms with van der Waals surface area (Å²) in [7, 11) is 1.61. The van der Waals surface area contributed by atoms with Crippen LogP contribution in [0.2, 0.25) is 0 Å². The van der Waals surface area contributed by atoms with Gasteiger partial charge in [0.25, 0.3) is 0 Å². The van der Waals surface area contributed by atoms with Crippen molar-refractivity contribution in [3.63, 3.8) is 0 Å². The summed E-state index contributed by atoms with van der Waals surface area (Å²) in [5.41, 5.74) is 1.23. The number of rotatable bonds is 4. The van der Waals surface area contributed by atoms with Crippen LogP contribution in [0.3, 0.4) is 0 Å². The first-order valence-electron chi connectivity index (χ1n) is 5.55. The molecule has 0 aliphatic heterocycles. The average Bonchev–Trinajstić information content (AvgIpc) is 3.09. The van der Waals surface area contributed by atoms with Gasteiger partial charge in [-0.25, -0.2) is 0 Å². The molecule has 3 nitrogen and oxygen atoms in total. The number of para-hydroxylation sites is 1. The minimum absolute atomic E-state index is 0.684. The fourth-order valence-electron chi connectivity index (χ4n) is 2.20. The van der Waals surface area contributed by atoms with Gasteiger partial charge in [-0.3, -0.25) is 4.79 Å². The lowest BCUT2D eigenvalue weighted by molar-refractivity contribution is -0.140. The average molecular weight is 220 g/mol. The van der Waals surface area contributed by atoms with Gasteiger partial charge in [0.05, 0.1) is 12.5 Å². The van der Waals surface area contributed by atoms with Crippen LogP contribution in [0.5, 0.6) is 5.75 Å². The molecule has 0 saturated heterocycles. The summed E-state index contributed by atoms with van der Waals surface area (Å²) in [6.45, 7) is 2.04. The van der Waals surface area contributed by atoms with Gasteiger partial charge in [0.1, 0.15) is 5.75 Å². The fraction of sp³-hybridized carbons (Fsp3) is 0.462. The molecule has 0 unspecified atom stereocenters. The smallest absolute Gasteiger partial charge is 0.314 e. The monoisotopic (exact) mass is 220 g/mol. The maximum atomic E-state index is 11.3. The highest BCUT2D eigenvalue weighted by molar-refractivity contribution is 5.86. The summed E-state index contributed by atoms with van der Waals surface area (Å²) < 4.78 is 5.38. The standard InChI is InChI=1S/C13H16O3/c1-3-9-5-4-6-10(11(9)16-2)13(7-8-13)12(14)15/h4-6H,3,7-8H2,1-2H3,(H,14,15). The molecule has 1 aromatic rings. The van der Waals surface area contributed by atoms with Crippen molar-refractivity contribution in [3.8, 4) is 5.75 Å². The van der Waals surface area contributed by atoms with Gasteiger partial charge in [-0.1, -0.05) is 25.1 Å². The van der Waals surface area contributed by atoms with Crippen molar-refractivity contribution in [1.82, 2.24) is 0 Å². The number of ether oxygens (including phenoxy) is 1. The van der Waals surface area contributed by atoms with Crippen LogP contribution in [-0.2, 0) is 16.6 Å². The van der Waals surface area contributed by atoms with Crippen LogP contribution in [0.15, 0.2) is 18.2 Å². The number of carboxylic acid groups (broad SMARTS) is 1. The Balaban J connectivity index is 2.53. The van der Waals surface area contributed by atoms with E-state index in [0.29, 0.717) is 12.8 Å². The van der Waals surface area contributed by atoms with Gasteiger partial charge in [-0.15, -0.1) is 0 Å². The lowest BCUT2D eigenvalue weighted by Gasteiger charge is -2.17. The summed E-state index contributed by atoms with van der Waals surface area (Å²) in [6, 6.07) is 5.78. The highest BCUT2D eigenvalue weighted by atomic mass is 16.5. The second-order valence-corrected chi connectivity index (χ2v) is 4.24. The zero-order chi connectivity index (χ0) is 11.8. The summed E-state index contributed by atoms with van der Waals surface area (Å²) >= 11 is 0. The number of aliphatic carboxylic acids is 1. The summed E-state index contributed by atoms with van der Waals surface area (Å²) in [4.78, 5) is 11.3. The third-order valence-corrected chi connectivity index (χ3v) is 3.36. The quantitative estimate of drug-likeness (QED) is 0.847. The fourth-order valence-corrected chi connectivity index (χ4v) is 2.20. The van der Waals surface area contributed by atoms with Crippen molar-refractivity contribution in [2.45, 2.75) is 31.6 Å². The number of hydrogen-bond donors (Lipinski definition) is 1. The number of carbonyl (C=O) groups is 1. The maximum absolute atomic E-state index is 11.3. The molecule has 0 aromatic heterocycles. The molecule has 0 bridgehead atoms. The van der Waals surface area contributed by atoms with Crippen molar-refractivity contribution in [2.24, 2.45) is 0 Å². The molecule has 86 valence electrons. The van der Waals surface area contributed by atoms with Gasteiger partial charge < -0.3 is 9.84 Å². The van der Waals surface area contributed by atoms with Crippen LogP contribution in [0.4, 0.5) is 0 Å². The molecule has 0 spiro atoms. The molecule has 1 saturated carbocycles. The van der Waals surface area contributed by atoms with Gasteiger partial charge in [0.2, 0.25) is 0 Å². The van der Waals surface area contributed by atoms with Crippen molar-refractivity contribution >= 4 is 5.97 Å². The summed E-state index contributed by atoms with van der Waals surface area (Å²) in [5.74, 6) is 0.0175. The SMILES string of the molecule is CCc1cccc(C2(C(=O)O)CC2)c1OC. The summed E-state index contributed by atoms with van der Waals surface area (Å²) in [5, 5.41) is 9.29. The number of carboxylic acids is 1. The third-order valence-electron chi connectivity index (χ3n) is 3.36. The molecule has 2 rings (SSSR count). The Labute approximate surface area is 95.0 Å². The maximum Gasteiger partial charge on any atom is 0.314 e. The molecule has 1 fully saturated rings. The molecule has 16 heavy (non-hydrogen) atoms. The van der Waals surface area contributed by atoms with Crippen LogP contribution in [0, 0.1) is 0 Å². The predicted octanol–water partition coefficient (Wildman–Crippen LogP) is 2.37. The molecule has 1 aromatic carbocycles. The minimum atomic E-state index is -0.737. The van der Waals surface area contributed by atoms with E-state index in [0.717, 1.165) is 23.3 Å². The third kappa shape index (κ3) is 1.47. The first kappa shape index (κ1) is 11.0. The van der Waals surface area contributed by atoms with Gasteiger partial charge >= 0.3 is 5.97 Å². The Morgan fingerprint density at radius 3 is 2.62 bits per heavy atom. The summed E-state index contributed by atoms with van der Waals surface area (Å²) in [6.07, 6.45) is 2.28. The first-order valence-corrected chi connectivity index (χ1v) is 5.55. The Kier molecular flexibility index (Phi) is 2.62. The number of aryl methyl sites for hydroxylation is 1. The normalized spacial score (nSPS) is 16.9. The molecule has 3 heteroatoms. The van der Waals surface area contributed by atoms with E-state index >= 15 is 0 Å². The van der Waals surface area contributed by atoms with E-state index in [1.165, 1.54) is 0 Å². The van der Waals surface area contributed by atoms with Crippen molar-refractivity contribution in [1.29, 1.82) is 0 Å². The highest BCUT2D eigenvalue weighted by Gasteiger charge is 2.53. The van der Waals surface area contributed by atoms with E-state index in [9.17, 15) is 9.90 Å². The molecular weight excluding hydrogens is 204 g/mol. The first-order chi connectivity index (χ1) is 7.65. The Bertz CT molecular complexity index is 419. The molecular formula is C13H16O3. The molecule has 0 amide bonds. The van der Waals surface area contributed by atoms with Crippen LogP contribution < -0.4 is 4.74 Å². The van der Waals surface area contributed by atoms with Crippen LogP contribution >= 0.6 is 0 Å². The Morgan fingerprint density at radius 1 is 1.50 bits per heavy atom. The number of benzene rings is 1. The molecule has 0 radical (unpaired) electrons. The molecule has 0 heterocycles. The molecule has 1 N–H and O–H groups in total. The minimum Gasteiger partial charge on any atom is -0.496 e.